The minimum Gasteiger partial charge on any atom is -0.491 e. The average molecular weight is 506 g/mol. The van der Waals surface area contributed by atoms with E-state index < -0.39 is 16.1 Å². The molecule has 2 aromatic rings. The number of ether oxygens (including phenoxy) is 2. The minimum atomic E-state index is -3.55. The van der Waals surface area contributed by atoms with Gasteiger partial charge in [0.2, 0.25) is 16.0 Å². The van der Waals surface area contributed by atoms with E-state index in [1.54, 1.807) is 12.1 Å². The molecule has 192 valence electrons. The molecule has 1 spiro atoms. The van der Waals surface area contributed by atoms with Crippen LogP contribution in [0.4, 0.5) is 5.95 Å². The highest BCUT2D eigenvalue weighted by atomic mass is 32.2. The predicted octanol–water partition coefficient (Wildman–Crippen LogP) is 1.10. The van der Waals surface area contributed by atoms with Crippen molar-refractivity contribution in [2.24, 2.45) is 0 Å². The fraction of sp³-hybridized carbons (Fsp3) is 0.583. The maximum Gasteiger partial charge on any atom is 0.240 e. The Hall–Kier alpha value is -2.31. The highest BCUT2D eigenvalue weighted by Gasteiger charge is 2.43. The van der Waals surface area contributed by atoms with Gasteiger partial charge in [0, 0.05) is 44.1 Å². The molecule has 1 aromatic carbocycles. The molecule has 10 nitrogen and oxygen atoms in total. The number of hydrogen-bond donors (Lipinski definition) is 3. The Labute approximate surface area is 207 Å². The Morgan fingerprint density at radius 3 is 2.71 bits per heavy atom. The lowest BCUT2D eigenvalue weighted by atomic mass is 9.87. The Morgan fingerprint density at radius 1 is 1.29 bits per heavy atom. The fourth-order valence-corrected chi connectivity index (χ4v) is 5.30. The second-order valence-electron chi connectivity index (χ2n) is 9.18. The molecule has 11 heteroatoms. The van der Waals surface area contributed by atoms with Crippen LogP contribution in [0, 0.1) is 0 Å². The highest BCUT2D eigenvalue weighted by Crippen LogP contribution is 2.36. The highest BCUT2D eigenvalue weighted by molar-refractivity contribution is 7.89. The molecule has 0 radical (unpaired) electrons. The van der Waals surface area contributed by atoms with Crippen LogP contribution in [0.5, 0.6) is 5.75 Å². The first-order valence-electron chi connectivity index (χ1n) is 12.1. The zero-order valence-corrected chi connectivity index (χ0v) is 21.1. The van der Waals surface area contributed by atoms with Crippen LogP contribution in [0.25, 0.3) is 0 Å². The van der Waals surface area contributed by atoms with Crippen LogP contribution in [0.2, 0.25) is 0 Å². The number of anilines is 1. The van der Waals surface area contributed by atoms with Crippen LogP contribution in [-0.2, 0) is 21.2 Å². The predicted molar refractivity (Wildman–Crippen MR) is 132 cm³/mol. The molecule has 35 heavy (non-hydrogen) atoms. The number of rotatable bonds is 10. The molecule has 2 aliphatic heterocycles. The van der Waals surface area contributed by atoms with E-state index in [1.807, 2.05) is 12.4 Å². The number of hydrogen-bond acceptors (Lipinski definition) is 9. The van der Waals surface area contributed by atoms with E-state index in [0.29, 0.717) is 18.9 Å². The van der Waals surface area contributed by atoms with Crippen molar-refractivity contribution in [3.63, 3.8) is 0 Å². The molecule has 3 heterocycles. The number of piperidine rings is 1. The molecule has 2 unspecified atom stereocenters. The van der Waals surface area contributed by atoms with E-state index in [-0.39, 0.29) is 23.1 Å². The topological polar surface area (TPSA) is 126 Å². The maximum absolute atomic E-state index is 11.9. The van der Waals surface area contributed by atoms with E-state index in [0.717, 1.165) is 50.3 Å². The van der Waals surface area contributed by atoms with E-state index in [2.05, 4.69) is 31.8 Å². The molecule has 3 N–H and O–H groups in total. The van der Waals surface area contributed by atoms with E-state index in [9.17, 15) is 13.5 Å². The Bertz CT molecular complexity index is 1070. The molecule has 0 aliphatic carbocycles. The molecule has 1 aromatic heterocycles. The van der Waals surface area contributed by atoms with Gasteiger partial charge < -0.3 is 24.8 Å². The molecule has 2 atom stereocenters. The van der Waals surface area contributed by atoms with Gasteiger partial charge in [-0.15, -0.1) is 0 Å². The standard InChI is InChI=1S/C24H35N5O5S/c1-3-18-13-27-23(28-14-18)29-9-7-24(8-10-29)12-19(16-34-24)26-15-20(30)17-33-21-5-4-6-22(11-21)35(31,32)25-2/h4-6,11,13-14,19-20,25-26,30H,3,7-10,12,15-17H2,1-2H3. The summed E-state index contributed by atoms with van der Waals surface area (Å²) in [6.07, 6.45) is 6.72. The van der Waals surface area contributed by atoms with Crippen LogP contribution in [0.1, 0.15) is 31.7 Å². The van der Waals surface area contributed by atoms with Crippen LogP contribution in [-0.4, -0.2) is 81.1 Å². The number of sulfonamides is 1. The first-order valence-corrected chi connectivity index (χ1v) is 13.6. The van der Waals surface area contributed by atoms with Gasteiger partial charge >= 0.3 is 0 Å². The Kier molecular flexibility index (Phi) is 8.23. The van der Waals surface area contributed by atoms with Crippen LogP contribution in [0.3, 0.4) is 0 Å². The van der Waals surface area contributed by atoms with Crippen LogP contribution < -0.4 is 19.7 Å². The van der Waals surface area contributed by atoms with Crippen molar-refractivity contribution in [1.29, 1.82) is 0 Å². The zero-order valence-electron chi connectivity index (χ0n) is 20.3. The van der Waals surface area contributed by atoms with Gasteiger partial charge in [0.05, 0.1) is 17.1 Å². The third-order valence-corrected chi connectivity index (χ3v) is 8.15. The Balaban J connectivity index is 1.19. The molecule has 2 saturated heterocycles. The third-order valence-electron chi connectivity index (χ3n) is 6.74. The summed E-state index contributed by atoms with van der Waals surface area (Å²) in [4.78, 5) is 11.3. The normalized spacial score (nSPS) is 20.8. The van der Waals surface area contributed by atoms with Crippen molar-refractivity contribution in [3.8, 4) is 5.75 Å². The molecular weight excluding hydrogens is 470 g/mol. The largest absolute Gasteiger partial charge is 0.491 e. The lowest BCUT2D eigenvalue weighted by molar-refractivity contribution is -0.0152. The summed E-state index contributed by atoms with van der Waals surface area (Å²) in [5.41, 5.74) is 0.996. The van der Waals surface area contributed by atoms with E-state index >= 15 is 0 Å². The first-order chi connectivity index (χ1) is 16.8. The number of nitrogens with one attached hydrogen (secondary N) is 2. The second-order valence-corrected chi connectivity index (χ2v) is 11.1. The van der Waals surface area contributed by atoms with Crippen LogP contribution >= 0.6 is 0 Å². The second kappa shape index (κ2) is 11.2. The smallest absolute Gasteiger partial charge is 0.240 e. The van der Waals surface area contributed by atoms with Crippen molar-refractivity contribution in [2.75, 3.05) is 44.8 Å². The molecule has 4 rings (SSSR count). The van der Waals surface area contributed by atoms with Gasteiger partial charge in [-0.1, -0.05) is 13.0 Å². The van der Waals surface area contributed by atoms with Gasteiger partial charge in [-0.05, 0) is 50.4 Å². The maximum atomic E-state index is 11.9. The summed E-state index contributed by atoms with van der Waals surface area (Å²) in [5, 5.41) is 13.8. The number of aromatic nitrogens is 2. The number of aliphatic hydroxyl groups is 1. The Morgan fingerprint density at radius 2 is 2.03 bits per heavy atom. The molecular formula is C24H35N5O5S. The first kappa shape index (κ1) is 25.8. The van der Waals surface area contributed by atoms with Crippen molar-refractivity contribution in [3.05, 3.63) is 42.2 Å². The van der Waals surface area contributed by atoms with Gasteiger partial charge in [0.25, 0.3) is 0 Å². The molecule has 2 fully saturated rings. The number of aliphatic hydroxyl groups excluding tert-OH is 1. The van der Waals surface area contributed by atoms with Crippen molar-refractivity contribution < 1.29 is 23.0 Å². The lowest BCUT2D eigenvalue weighted by Crippen LogP contribution is -2.45. The lowest BCUT2D eigenvalue weighted by Gasteiger charge is -2.38. The number of nitrogens with zero attached hydrogens (tertiary/aromatic N) is 3. The summed E-state index contributed by atoms with van der Waals surface area (Å²) in [5.74, 6) is 1.17. The molecule has 0 amide bonds. The molecule has 2 aliphatic rings. The SMILES string of the molecule is CCc1cnc(N2CCC3(CC2)CC(NCC(O)COc2cccc(S(=O)(=O)NC)c2)CO3)nc1. The van der Waals surface area contributed by atoms with Gasteiger partial charge in [-0.2, -0.15) is 0 Å². The summed E-state index contributed by atoms with van der Waals surface area (Å²) < 4.78 is 38.0. The van der Waals surface area contributed by atoms with Gasteiger partial charge in [-0.25, -0.2) is 23.1 Å². The number of benzene rings is 1. The van der Waals surface area contributed by atoms with Gasteiger partial charge in [0.1, 0.15) is 18.5 Å². The van der Waals surface area contributed by atoms with Crippen molar-refractivity contribution in [2.45, 2.75) is 55.2 Å². The fourth-order valence-electron chi connectivity index (χ4n) is 4.53. The minimum absolute atomic E-state index is 0.0561. The van der Waals surface area contributed by atoms with Crippen molar-refractivity contribution >= 4 is 16.0 Å². The van der Waals surface area contributed by atoms with E-state index in [4.69, 9.17) is 9.47 Å². The van der Waals surface area contributed by atoms with Gasteiger partial charge in [0.15, 0.2) is 0 Å². The summed E-state index contributed by atoms with van der Waals surface area (Å²) in [7, 11) is -2.19. The number of aryl methyl sites for hydroxylation is 1. The molecule has 0 saturated carbocycles. The quantitative estimate of drug-likeness (QED) is 0.435. The van der Waals surface area contributed by atoms with Crippen LogP contribution in [0.15, 0.2) is 41.6 Å². The summed E-state index contributed by atoms with van der Waals surface area (Å²) in [6.45, 7) is 4.84. The summed E-state index contributed by atoms with van der Waals surface area (Å²) >= 11 is 0. The monoisotopic (exact) mass is 505 g/mol. The van der Waals surface area contributed by atoms with Crippen molar-refractivity contribution in [1.82, 2.24) is 20.0 Å². The molecule has 0 bridgehead atoms. The van der Waals surface area contributed by atoms with Gasteiger partial charge in [-0.3, -0.25) is 0 Å². The third kappa shape index (κ3) is 6.47. The average Bonchev–Trinajstić information content (AvgIpc) is 3.29. The zero-order chi connectivity index (χ0) is 24.9. The van der Waals surface area contributed by atoms with E-state index in [1.165, 1.54) is 19.2 Å². The summed E-state index contributed by atoms with van der Waals surface area (Å²) in [6, 6.07) is 6.37.